The number of carbonyl (C=O) groups excluding carboxylic acids is 1. The highest BCUT2D eigenvalue weighted by Gasteiger charge is 2.36. The molecule has 2 aliphatic rings. The van der Waals surface area contributed by atoms with Crippen molar-refractivity contribution in [3.8, 4) is 0 Å². The van der Waals surface area contributed by atoms with E-state index in [1.165, 1.54) is 10.4 Å². The summed E-state index contributed by atoms with van der Waals surface area (Å²) in [6, 6.07) is 4.16. The second kappa shape index (κ2) is 7.54. The van der Waals surface area contributed by atoms with Crippen LogP contribution in [-0.4, -0.2) is 57.6 Å². The number of hydrogen-bond acceptors (Lipinski definition) is 7. The molecule has 4 rings (SSSR count). The minimum Gasteiger partial charge on any atom is -0.384 e. The summed E-state index contributed by atoms with van der Waals surface area (Å²) in [6.07, 6.45) is 3.76. The van der Waals surface area contributed by atoms with Gasteiger partial charge in [-0.05, 0) is 48.7 Å². The van der Waals surface area contributed by atoms with Crippen molar-refractivity contribution in [2.45, 2.75) is 30.7 Å². The topological polar surface area (TPSA) is 75.4 Å². The molecule has 138 valence electrons. The number of aryl methyl sites for hydroxylation is 1. The number of carbonyl (C=O) groups is 1. The molecular weight excluding hydrogens is 366 g/mol. The van der Waals surface area contributed by atoms with Crippen LogP contribution < -0.4 is 5.73 Å². The Bertz CT molecular complexity index is 795. The molecule has 2 atom stereocenters. The molecule has 4 heterocycles. The van der Waals surface area contributed by atoms with Crippen molar-refractivity contribution < 1.29 is 4.79 Å². The number of likely N-dealkylation sites (N-methyl/N-ethyl adjacent to an activating group) is 1. The van der Waals surface area contributed by atoms with Gasteiger partial charge >= 0.3 is 0 Å². The summed E-state index contributed by atoms with van der Waals surface area (Å²) < 4.78 is 0. The molecule has 0 bridgehead atoms. The van der Waals surface area contributed by atoms with Gasteiger partial charge in [-0.1, -0.05) is 0 Å². The number of anilines is 1. The Morgan fingerprint density at radius 2 is 2.35 bits per heavy atom. The number of nitrogen functional groups attached to an aromatic ring is 1. The Labute approximate surface area is 161 Å². The number of fused-ring (bicyclic) bond motifs is 1. The first-order chi connectivity index (χ1) is 12.6. The van der Waals surface area contributed by atoms with E-state index in [4.69, 9.17) is 5.73 Å². The fourth-order valence-electron chi connectivity index (χ4n) is 3.66. The van der Waals surface area contributed by atoms with E-state index >= 15 is 0 Å². The summed E-state index contributed by atoms with van der Waals surface area (Å²) in [6.45, 7) is 2.24. The average molecular weight is 390 g/mol. The lowest BCUT2D eigenvalue weighted by atomic mass is 10.1. The lowest BCUT2D eigenvalue weighted by Gasteiger charge is -2.28. The summed E-state index contributed by atoms with van der Waals surface area (Å²) in [5.74, 6) is 2.52. The smallest absolute Gasteiger partial charge is 0.240 e. The number of thioether (sulfide) groups is 1. The van der Waals surface area contributed by atoms with Gasteiger partial charge in [-0.3, -0.25) is 9.69 Å². The molecule has 2 aromatic heterocycles. The Hall–Kier alpha value is -1.64. The van der Waals surface area contributed by atoms with Crippen molar-refractivity contribution in [2.24, 2.45) is 0 Å². The van der Waals surface area contributed by atoms with Crippen molar-refractivity contribution in [2.75, 3.05) is 31.6 Å². The van der Waals surface area contributed by atoms with Crippen LogP contribution in [0.5, 0.6) is 0 Å². The number of hydrogen-bond donors (Lipinski definition) is 1. The number of thiophene rings is 1. The first-order valence-corrected chi connectivity index (χ1v) is 10.8. The van der Waals surface area contributed by atoms with Crippen LogP contribution in [0, 0.1) is 0 Å². The van der Waals surface area contributed by atoms with E-state index in [2.05, 4.69) is 33.4 Å². The van der Waals surface area contributed by atoms with Crippen molar-refractivity contribution in [3.05, 3.63) is 40.0 Å². The summed E-state index contributed by atoms with van der Waals surface area (Å²) >= 11 is 3.57. The van der Waals surface area contributed by atoms with Gasteiger partial charge in [0.05, 0.1) is 6.54 Å². The van der Waals surface area contributed by atoms with Crippen molar-refractivity contribution in [1.29, 1.82) is 0 Å². The van der Waals surface area contributed by atoms with E-state index in [1.807, 2.05) is 4.90 Å². The fourth-order valence-corrected chi connectivity index (χ4v) is 6.04. The van der Waals surface area contributed by atoms with Crippen molar-refractivity contribution in [1.82, 2.24) is 19.8 Å². The van der Waals surface area contributed by atoms with Crippen LogP contribution in [0.25, 0.3) is 0 Å². The van der Waals surface area contributed by atoms with Crippen LogP contribution in [0.1, 0.15) is 27.9 Å². The molecule has 26 heavy (non-hydrogen) atoms. The molecule has 2 N–H and O–H groups in total. The molecular formula is C18H23N5OS2. The highest BCUT2D eigenvalue weighted by molar-refractivity contribution is 8.00. The van der Waals surface area contributed by atoms with Gasteiger partial charge in [-0.25, -0.2) is 9.97 Å². The molecule has 0 spiro atoms. The van der Waals surface area contributed by atoms with Gasteiger partial charge in [-0.15, -0.1) is 23.1 Å². The number of amides is 1. The highest BCUT2D eigenvalue weighted by Crippen LogP contribution is 2.41. The van der Waals surface area contributed by atoms with E-state index in [9.17, 15) is 4.79 Å². The van der Waals surface area contributed by atoms with Gasteiger partial charge in [0.15, 0.2) is 0 Å². The Kier molecular flexibility index (Phi) is 5.15. The number of nitrogens with two attached hydrogens (primary N) is 1. The molecule has 6 nitrogen and oxygen atoms in total. The zero-order chi connectivity index (χ0) is 18.1. The molecule has 0 radical (unpaired) electrons. The van der Waals surface area contributed by atoms with Gasteiger partial charge in [0.25, 0.3) is 0 Å². The molecule has 0 aromatic carbocycles. The Morgan fingerprint density at radius 1 is 1.46 bits per heavy atom. The lowest BCUT2D eigenvalue weighted by Crippen LogP contribution is -2.38. The third-order valence-corrected chi connectivity index (χ3v) is 7.34. The number of nitrogens with zero attached hydrogens (tertiary/aromatic N) is 4. The third-order valence-electron chi connectivity index (χ3n) is 5.12. The second-order valence-corrected chi connectivity index (χ2v) is 9.05. The maximum atomic E-state index is 13.1. The maximum absolute atomic E-state index is 13.1. The Balaban J connectivity index is 1.38. The first kappa shape index (κ1) is 17.8. The van der Waals surface area contributed by atoms with E-state index < -0.39 is 0 Å². The number of rotatable bonds is 4. The standard InChI is InChI=1S/C18H23N5OS2/c1-22(11-16-20-6-2-15(19)21-16)12-3-7-23(10-12)18(24)17-13-4-8-25-14(13)5-9-26-17/h2,4,6,8,12,17H,3,5,7,9-11H2,1H3,(H2,19,20,21)/t12-,17-/m0/s1. The third kappa shape index (κ3) is 3.58. The zero-order valence-electron chi connectivity index (χ0n) is 14.8. The molecule has 1 fully saturated rings. The van der Waals surface area contributed by atoms with Crippen molar-refractivity contribution in [3.63, 3.8) is 0 Å². The molecule has 1 amide bonds. The van der Waals surface area contributed by atoms with Crippen molar-refractivity contribution >= 4 is 34.8 Å². The van der Waals surface area contributed by atoms with Gasteiger partial charge < -0.3 is 10.6 Å². The van der Waals surface area contributed by atoms with Crippen LogP contribution in [-0.2, 0) is 17.8 Å². The van der Waals surface area contributed by atoms with Gasteiger partial charge in [-0.2, -0.15) is 0 Å². The van der Waals surface area contributed by atoms with Gasteiger partial charge in [0, 0.05) is 30.2 Å². The number of aromatic nitrogens is 2. The van der Waals surface area contributed by atoms with Gasteiger partial charge in [0.1, 0.15) is 16.9 Å². The minimum absolute atomic E-state index is 0.0219. The summed E-state index contributed by atoms with van der Waals surface area (Å²) in [7, 11) is 2.07. The molecule has 2 aliphatic heterocycles. The van der Waals surface area contributed by atoms with E-state index in [0.29, 0.717) is 18.4 Å². The van der Waals surface area contributed by atoms with E-state index in [1.54, 1.807) is 35.4 Å². The van der Waals surface area contributed by atoms with Crippen LogP contribution in [0.2, 0.25) is 0 Å². The predicted octanol–water partition coefficient (Wildman–Crippen LogP) is 2.18. The molecule has 2 aromatic rings. The zero-order valence-corrected chi connectivity index (χ0v) is 16.4. The Morgan fingerprint density at radius 3 is 3.19 bits per heavy atom. The van der Waals surface area contributed by atoms with Crippen LogP contribution >= 0.6 is 23.1 Å². The average Bonchev–Trinajstić information content (AvgIpc) is 3.30. The summed E-state index contributed by atoms with van der Waals surface area (Å²) in [4.78, 5) is 27.3. The predicted molar refractivity (Wildman–Crippen MR) is 106 cm³/mol. The maximum Gasteiger partial charge on any atom is 0.240 e. The van der Waals surface area contributed by atoms with Crippen LogP contribution in [0.15, 0.2) is 23.7 Å². The monoisotopic (exact) mass is 389 g/mol. The van der Waals surface area contributed by atoms with Gasteiger partial charge in [0.2, 0.25) is 5.91 Å². The molecule has 0 aliphatic carbocycles. The molecule has 0 saturated carbocycles. The van der Waals surface area contributed by atoms with E-state index in [0.717, 1.165) is 37.5 Å². The molecule has 1 saturated heterocycles. The largest absolute Gasteiger partial charge is 0.384 e. The minimum atomic E-state index is -0.0219. The second-order valence-electron chi connectivity index (χ2n) is 6.84. The lowest BCUT2D eigenvalue weighted by molar-refractivity contribution is -0.129. The first-order valence-electron chi connectivity index (χ1n) is 8.86. The van der Waals surface area contributed by atoms with Crippen LogP contribution in [0.4, 0.5) is 5.82 Å². The molecule has 8 heteroatoms. The SMILES string of the molecule is CN(Cc1nccc(N)n1)[C@H]1CCN(C(=O)[C@H]2SCCc3sccc32)C1. The van der Waals surface area contributed by atoms with Crippen LogP contribution in [0.3, 0.4) is 0 Å². The fraction of sp³-hybridized carbons (Fsp3) is 0.500. The highest BCUT2D eigenvalue weighted by atomic mass is 32.2. The quantitative estimate of drug-likeness (QED) is 0.864. The van der Waals surface area contributed by atoms with E-state index in [-0.39, 0.29) is 11.2 Å². The normalized spacial score (nSPS) is 22.6. The molecule has 0 unspecified atom stereocenters. The summed E-state index contributed by atoms with van der Waals surface area (Å²) in [5.41, 5.74) is 6.98. The number of likely N-dealkylation sites (tertiary alicyclic amines) is 1. The summed E-state index contributed by atoms with van der Waals surface area (Å²) in [5, 5.41) is 2.09.